The Balaban J connectivity index is 3.02. The highest BCUT2D eigenvalue weighted by Crippen LogP contribution is 2.26. The van der Waals surface area contributed by atoms with Crippen LogP contribution in [0, 0.1) is 6.92 Å². The Morgan fingerprint density at radius 2 is 2.17 bits per heavy atom. The lowest BCUT2D eigenvalue weighted by Crippen LogP contribution is -1.88. The molecule has 0 spiro atoms. The molecule has 0 fully saturated rings. The summed E-state index contributed by atoms with van der Waals surface area (Å²) in [6, 6.07) is 7.87. The van der Waals surface area contributed by atoms with Crippen LogP contribution in [0.5, 0.6) is 0 Å². The molecule has 2 nitrogen and oxygen atoms in total. The minimum Gasteiger partial charge on any atom is -0.211 e. The minimum absolute atomic E-state index is 0.110. The van der Waals surface area contributed by atoms with Gasteiger partial charge < -0.3 is 0 Å². The van der Waals surface area contributed by atoms with Gasteiger partial charge in [0.25, 0.3) is 0 Å². The molecule has 62 valence electrons. The first-order valence-electron chi connectivity index (χ1n) is 3.52. The Morgan fingerprint density at radius 3 is 2.75 bits per heavy atom. The van der Waals surface area contributed by atoms with Crippen molar-refractivity contribution in [3.8, 4) is 0 Å². The van der Waals surface area contributed by atoms with Crippen molar-refractivity contribution < 1.29 is 4.79 Å². The zero-order valence-electron chi connectivity index (χ0n) is 6.62. The molecule has 1 atom stereocenters. The van der Waals surface area contributed by atoms with Crippen LogP contribution in [0.3, 0.4) is 0 Å². The maximum atomic E-state index is 10.0. The summed E-state index contributed by atoms with van der Waals surface area (Å²) >= 11 is 2.10. The average molecular weight is 273 g/mol. The van der Waals surface area contributed by atoms with Crippen molar-refractivity contribution in [2.45, 2.75) is 11.0 Å². The number of hydrogen-bond acceptors (Lipinski definition) is 2. The summed E-state index contributed by atoms with van der Waals surface area (Å²) in [4.78, 5) is 13.6. The summed E-state index contributed by atoms with van der Waals surface area (Å²) in [6.07, 6.45) is 1.56. The van der Waals surface area contributed by atoms with Gasteiger partial charge in [-0.1, -0.05) is 46.9 Å². The molecule has 0 aliphatic heterocycles. The van der Waals surface area contributed by atoms with Gasteiger partial charge in [-0.15, -0.1) is 0 Å². The van der Waals surface area contributed by atoms with E-state index in [2.05, 4.69) is 27.6 Å². The van der Waals surface area contributed by atoms with E-state index >= 15 is 0 Å². The van der Waals surface area contributed by atoms with Crippen molar-refractivity contribution >= 4 is 28.7 Å². The molecule has 3 heteroatoms. The highest BCUT2D eigenvalue weighted by Gasteiger charge is 2.06. The van der Waals surface area contributed by atoms with E-state index in [1.807, 2.05) is 31.2 Å². The molecule has 0 saturated heterocycles. The molecule has 1 aromatic rings. The van der Waals surface area contributed by atoms with Crippen molar-refractivity contribution in [3.63, 3.8) is 0 Å². The Morgan fingerprint density at radius 1 is 1.50 bits per heavy atom. The molecule has 0 aliphatic rings. The summed E-state index contributed by atoms with van der Waals surface area (Å²) in [5.74, 6) is 0. The molecule has 0 N–H and O–H groups in total. The molecule has 12 heavy (non-hydrogen) atoms. The number of benzene rings is 1. The molecule has 1 rings (SSSR count). The van der Waals surface area contributed by atoms with Crippen LogP contribution in [-0.2, 0) is 4.79 Å². The Labute approximate surface area is 84.8 Å². The van der Waals surface area contributed by atoms with Crippen LogP contribution in [0.15, 0.2) is 29.3 Å². The van der Waals surface area contributed by atoms with E-state index in [9.17, 15) is 4.79 Å². The number of aliphatic imine (C=N–C) groups is 1. The van der Waals surface area contributed by atoms with E-state index in [0.717, 1.165) is 11.1 Å². The van der Waals surface area contributed by atoms with Crippen molar-refractivity contribution in [1.82, 2.24) is 0 Å². The van der Waals surface area contributed by atoms with Crippen molar-refractivity contribution in [1.29, 1.82) is 0 Å². The zero-order chi connectivity index (χ0) is 8.97. The SMILES string of the molecule is Cc1ccccc1C(I)N=C=O. The van der Waals surface area contributed by atoms with E-state index in [1.165, 1.54) is 0 Å². The number of alkyl halides is 1. The van der Waals surface area contributed by atoms with Gasteiger partial charge in [-0.3, -0.25) is 0 Å². The van der Waals surface area contributed by atoms with E-state index in [1.54, 1.807) is 6.08 Å². The fraction of sp³-hybridized carbons (Fsp3) is 0.222. The monoisotopic (exact) mass is 273 g/mol. The largest absolute Gasteiger partial charge is 0.236 e. The first kappa shape index (κ1) is 9.42. The van der Waals surface area contributed by atoms with Gasteiger partial charge in [0.15, 0.2) is 0 Å². The van der Waals surface area contributed by atoms with Crippen molar-refractivity contribution in [3.05, 3.63) is 35.4 Å². The topological polar surface area (TPSA) is 29.4 Å². The highest BCUT2D eigenvalue weighted by atomic mass is 127. The van der Waals surface area contributed by atoms with Gasteiger partial charge in [0.05, 0.1) is 0 Å². The predicted octanol–water partition coefficient (Wildman–Crippen LogP) is 2.76. The zero-order valence-corrected chi connectivity index (χ0v) is 8.78. The van der Waals surface area contributed by atoms with Gasteiger partial charge in [-0.05, 0) is 18.1 Å². The fourth-order valence-corrected chi connectivity index (χ4v) is 1.78. The van der Waals surface area contributed by atoms with Crippen LogP contribution in [0.25, 0.3) is 0 Å². The number of nitrogens with zero attached hydrogens (tertiary/aromatic N) is 1. The van der Waals surface area contributed by atoms with E-state index in [4.69, 9.17) is 0 Å². The van der Waals surface area contributed by atoms with E-state index < -0.39 is 0 Å². The highest BCUT2D eigenvalue weighted by molar-refractivity contribution is 14.1. The van der Waals surface area contributed by atoms with Gasteiger partial charge in [0.1, 0.15) is 4.05 Å². The molecule has 0 saturated carbocycles. The molecular weight excluding hydrogens is 265 g/mol. The summed E-state index contributed by atoms with van der Waals surface area (Å²) in [6.45, 7) is 2.00. The predicted molar refractivity (Wildman–Crippen MR) is 56.1 cm³/mol. The second kappa shape index (κ2) is 4.38. The number of carbonyl (C=O) groups excluding carboxylic acids is 1. The standard InChI is InChI=1S/C9H8INO/c1-7-4-2-3-5-8(7)9(10)11-6-12/h2-5,9H,1H3. The third kappa shape index (κ3) is 2.16. The number of hydrogen-bond donors (Lipinski definition) is 0. The van der Waals surface area contributed by atoms with Crippen LogP contribution in [-0.4, -0.2) is 6.08 Å². The average Bonchev–Trinajstić information content (AvgIpc) is 2.05. The summed E-state index contributed by atoms with van der Waals surface area (Å²) in [5, 5.41) is 0. The van der Waals surface area contributed by atoms with Crippen LogP contribution in [0.2, 0.25) is 0 Å². The van der Waals surface area contributed by atoms with Crippen LogP contribution in [0.4, 0.5) is 0 Å². The summed E-state index contributed by atoms with van der Waals surface area (Å²) in [5.41, 5.74) is 2.22. The first-order chi connectivity index (χ1) is 5.75. The van der Waals surface area contributed by atoms with Crippen LogP contribution in [0.1, 0.15) is 15.2 Å². The Kier molecular flexibility index (Phi) is 3.44. The molecule has 0 amide bonds. The van der Waals surface area contributed by atoms with Gasteiger partial charge in [0.2, 0.25) is 6.08 Å². The number of aryl methyl sites for hydroxylation is 1. The van der Waals surface area contributed by atoms with Crippen molar-refractivity contribution in [2.24, 2.45) is 4.99 Å². The number of halogens is 1. The molecule has 0 heterocycles. The van der Waals surface area contributed by atoms with E-state index in [0.29, 0.717) is 0 Å². The fourth-order valence-electron chi connectivity index (χ4n) is 0.970. The Bertz CT molecular complexity index is 318. The quantitative estimate of drug-likeness (QED) is 0.268. The van der Waals surface area contributed by atoms with Gasteiger partial charge in [-0.2, -0.15) is 4.99 Å². The van der Waals surface area contributed by atoms with Crippen LogP contribution >= 0.6 is 22.6 Å². The maximum Gasteiger partial charge on any atom is 0.236 e. The summed E-state index contributed by atoms with van der Waals surface area (Å²) in [7, 11) is 0. The van der Waals surface area contributed by atoms with E-state index in [-0.39, 0.29) is 4.05 Å². The maximum absolute atomic E-state index is 10.0. The second-order valence-corrected chi connectivity index (χ2v) is 3.59. The van der Waals surface area contributed by atoms with Crippen LogP contribution < -0.4 is 0 Å². The molecule has 0 aliphatic carbocycles. The summed E-state index contributed by atoms with van der Waals surface area (Å²) < 4.78 is -0.110. The second-order valence-electron chi connectivity index (χ2n) is 2.41. The molecule has 0 aromatic heterocycles. The number of rotatable bonds is 2. The minimum atomic E-state index is -0.110. The first-order valence-corrected chi connectivity index (χ1v) is 4.77. The molecule has 1 aromatic carbocycles. The van der Waals surface area contributed by atoms with Gasteiger partial charge in [0, 0.05) is 0 Å². The normalized spacial score (nSPS) is 11.8. The lowest BCUT2D eigenvalue weighted by atomic mass is 10.1. The molecular formula is C9H8INO. The van der Waals surface area contributed by atoms with Gasteiger partial charge >= 0.3 is 0 Å². The lowest BCUT2D eigenvalue weighted by Gasteiger charge is -2.05. The lowest BCUT2D eigenvalue weighted by molar-refractivity contribution is 0.563. The molecule has 0 radical (unpaired) electrons. The molecule has 0 bridgehead atoms. The Hall–Kier alpha value is -0.670. The molecule has 1 unspecified atom stereocenters. The smallest absolute Gasteiger partial charge is 0.211 e. The van der Waals surface area contributed by atoms with Crippen molar-refractivity contribution in [2.75, 3.05) is 0 Å². The number of isocyanates is 1. The third-order valence-electron chi connectivity index (χ3n) is 1.61. The van der Waals surface area contributed by atoms with Gasteiger partial charge in [-0.25, -0.2) is 4.79 Å². The third-order valence-corrected chi connectivity index (χ3v) is 2.56.